The van der Waals surface area contributed by atoms with Crippen LogP contribution in [0.1, 0.15) is 49.4 Å². The van der Waals surface area contributed by atoms with Gasteiger partial charge in [0, 0.05) is 31.3 Å². The van der Waals surface area contributed by atoms with Crippen molar-refractivity contribution in [2.75, 3.05) is 19.6 Å². The highest BCUT2D eigenvalue weighted by atomic mass is 16.5. The van der Waals surface area contributed by atoms with Crippen LogP contribution in [0.2, 0.25) is 0 Å². The molecule has 3 fully saturated rings. The molecule has 3 aliphatic heterocycles. The summed E-state index contributed by atoms with van der Waals surface area (Å²) in [5, 5.41) is 3.02. The van der Waals surface area contributed by atoms with Crippen molar-refractivity contribution in [3.63, 3.8) is 0 Å². The topological polar surface area (TPSA) is 71.8 Å². The standard InChI is InChI=1S/C21H28N2O4/c1-2-3-4-5-6-19(24)23-12-17-16(18-7-9-21(17,14-23)27-18)11-22-20(25)15-8-10-26-13-15/h2-3,8,10,13,16-18H,4-7,9,11-12,14H2,1H3,(H,22,25)/t16-,17+,18+,21+/m0/s1. The van der Waals surface area contributed by atoms with Crippen LogP contribution < -0.4 is 5.32 Å². The predicted octanol–water partition coefficient (Wildman–Crippen LogP) is 2.76. The Bertz CT molecular complexity index is 714. The summed E-state index contributed by atoms with van der Waals surface area (Å²) in [5.41, 5.74) is 0.354. The van der Waals surface area contributed by atoms with E-state index in [-0.39, 0.29) is 29.4 Å². The van der Waals surface area contributed by atoms with Crippen molar-refractivity contribution in [2.45, 2.75) is 50.7 Å². The largest absolute Gasteiger partial charge is 0.472 e. The Morgan fingerprint density at radius 3 is 3.11 bits per heavy atom. The molecule has 2 bridgehead atoms. The fourth-order valence-corrected chi connectivity index (χ4v) is 5.06. The van der Waals surface area contributed by atoms with E-state index in [1.165, 1.54) is 12.5 Å². The lowest BCUT2D eigenvalue weighted by Crippen LogP contribution is -2.41. The van der Waals surface area contributed by atoms with Crippen molar-refractivity contribution < 1.29 is 18.7 Å². The number of unbranched alkanes of at least 4 members (excludes halogenated alkanes) is 1. The molecular formula is C21H28N2O4. The number of nitrogens with one attached hydrogen (secondary N) is 1. The van der Waals surface area contributed by atoms with Crippen LogP contribution in [-0.2, 0) is 9.53 Å². The first-order valence-electron chi connectivity index (χ1n) is 10.00. The lowest BCUT2D eigenvalue weighted by molar-refractivity contribution is -0.131. The van der Waals surface area contributed by atoms with Crippen LogP contribution in [0, 0.1) is 11.8 Å². The van der Waals surface area contributed by atoms with Crippen LogP contribution in [0.15, 0.2) is 35.2 Å². The van der Waals surface area contributed by atoms with E-state index < -0.39 is 0 Å². The molecule has 4 heterocycles. The molecule has 1 spiro atoms. The number of carbonyl (C=O) groups is 2. The molecule has 27 heavy (non-hydrogen) atoms. The zero-order valence-corrected chi connectivity index (χ0v) is 15.9. The average Bonchev–Trinajstić information content (AvgIpc) is 3.43. The van der Waals surface area contributed by atoms with Crippen LogP contribution in [-0.4, -0.2) is 48.1 Å². The number of furan rings is 1. The van der Waals surface area contributed by atoms with E-state index in [0.29, 0.717) is 31.0 Å². The fourth-order valence-electron chi connectivity index (χ4n) is 5.06. The second kappa shape index (κ2) is 7.50. The molecule has 6 nitrogen and oxygen atoms in total. The summed E-state index contributed by atoms with van der Waals surface area (Å²) in [6.07, 6.45) is 11.8. The summed E-state index contributed by atoms with van der Waals surface area (Å²) in [6, 6.07) is 1.66. The summed E-state index contributed by atoms with van der Waals surface area (Å²) in [6.45, 7) is 4.06. The minimum absolute atomic E-state index is 0.115. The zero-order valence-electron chi connectivity index (χ0n) is 15.9. The molecule has 6 heteroatoms. The molecule has 4 atom stereocenters. The number of carbonyl (C=O) groups excluding carboxylic acids is 2. The predicted molar refractivity (Wildman–Crippen MR) is 100 cm³/mol. The third-order valence-electron chi connectivity index (χ3n) is 6.42. The van der Waals surface area contributed by atoms with Gasteiger partial charge in [0.05, 0.1) is 30.1 Å². The number of likely N-dealkylation sites (tertiary alicyclic amines) is 1. The summed E-state index contributed by atoms with van der Waals surface area (Å²) < 4.78 is 11.3. The number of hydrogen-bond donors (Lipinski definition) is 1. The number of hydrogen-bond acceptors (Lipinski definition) is 4. The summed E-state index contributed by atoms with van der Waals surface area (Å²) in [7, 11) is 0. The van der Waals surface area contributed by atoms with Gasteiger partial charge in [0.25, 0.3) is 5.91 Å². The quantitative estimate of drug-likeness (QED) is 0.590. The third-order valence-corrected chi connectivity index (χ3v) is 6.42. The van der Waals surface area contributed by atoms with Gasteiger partial charge >= 0.3 is 0 Å². The van der Waals surface area contributed by atoms with Crippen LogP contribution >= 0.6 is 0 Å². The summed E-state index contributed by atoms with van der Waals surface area (Å²) in [5.74, 6) is 0.711. The van der Waals surface area contributed by atoms with E-state index >= 15 is 0 Å². The maximum Gasteiger partial charge on any atom is 0.254 e. The molecule has 2 amide bonds. The zero-order chi connectivity index (χ0) is 18.9. The minimum Gasteiger partial charge on any atom is -0.472 e. The number of amides is 2. The molecule has 0 aromatic carbocycles. The Labute approximate surface area is 159 Å². The first-order chi connectivity index (χ1) is 13.1. The van der Waals surface area contributed by atoms with Gasteiger partial charge in [0.2, 0.25) is 5.91 Å². The van der Waals surface area contributed by atoms with Gasteiger partial charge in [-0.25, -0.2) is 0 Å². The molecule has 1 aromatic rings. The van der Waals surface area contributed by atoms with E-state index in [4.69, 9.17) is 9.15 Å². The summed E-state index contributed by atoms with van der Waals surface area (Å²) in [4.78, 5) is 26.8. The lowest BCUT2D eigenvalue weighted by Gasteiger charge is -2.29. The van der Waals surface area contributed by atoms with Gasteiger partial charge in [0.1, 0.15) is 6.26 Å². The van der Waals surface area contributed by atoms with E-state index in [1.54, 1.807) is 6.07 Å². The van der Waals surface area contributed by atoms with E-state index in [2.05, 4.69) is 11.4 Å². The number of rotatable bonds is 7. The highest BCUT2D eigenvalue weighted by Gasteiger charge is 2.63. The third kappa shape index (κ3) is 3.43. The van der Waals surface area contributed by atoms with E-state index in [1.807, 2.05) is 17.9 Å². The Morgan fingerprint density at radius 2 is 2.33 bits per heavy atom. The molecule has 0 radical (unpaired) electrons. The molecular weight excluding hydrogens is 344 g/mol. The maximum atomic E-state index is 12.6. The molecule has 0 saturated carbocycles. The number of fused-ring (bicyclic) bond motifs is 1. The van der Waals surface area contributed by atoms with Crippen LogP contribution in [0.4, 0.5) is 0 Å². The Balaban J connectivity index is 1.35. The molecule has 0 aliphatic carbocycles. The van der Waals surface area contributed by atoms with Crippen molar-refractivity contribution >= 4 is 11.8 Å². The van der Waals surface area contributed by atoms with Gasteiger partial charge in [0.15, 0.2) is 0 Å². The molecule has 3 aliphatic rings. The van der Waals surface area contributed by atoms with Crippen LogP contribution in [0.5, 0.6) is 0 Å². The van der Waals surface area contributed by atoms with Crippen molar-refractivity contribution in [1.29, 1.82) is 0 Å². The molecule has 3 saturated heterocycles. The number of ether oxygens (including phenoxy) is 1. The monoisotopic (exact) mass is 372 g/mol. The van der Waals surface area contributed by atoms with Gasteiger partial charge in [-0.3, -0.25) is 9.59 Å². The van der Waals surface area contributed by atoms with Crippen LogP contribution in [0.3, 0.4) is 0 Å². The van der Waals surface area contributed by atoms with Gasteiger partial charge in [-0.15, -0.1) is 0 Å². The van der Waals surface area contributed by atoms with Crippen molar-refractivity contribution in [3.05, 3.63) is 36.3 Å². The first-order valence-corrected chi connectivity index (χ1v) is 10.00. The highest BCUT2D eigenvalue weighted by molar-refractivity contribution is 5.93. The van der Waals surface area contributed by atoms with Crippen LogP contribution in [0.25, 0.3) is 0 Å². The first kappa shape index (κ1) is 18.3. The molecule has 1 N–H and O–H groups in total. The smallest absolute Gasteiger partial charge is 0.254 e. The SMILES string of the molecule is CC=CCCCC(=O)N1C[C@@H]2[C@H](CNC(=O)c3ccoc3)[C@H]3CC[C@]2(C1)O3. The molecule has 0 unspecified atom stereocenters. The van der Waals surface area contributed by atoms with Gasteiger partial charge < -0.3 is 19.4 Å². The van der Waals surface area contributed by atoms with E-state index in [9.17, 15) is 9.59 Å². The van der Waals surface area contributed by atoms with Gasteiger partial charge in [-0.05, 0) is 38.7 Å². The van der Waals surface area contributed by atoms with Gasteiger partial charge in [-0.2, -0.15) is 0 Å². The Kier molecular flexibility index (Phi) is 5.08. The Hall–Kier alpha value is -2.08. The van der Waals surface area contributed by atoms with Gasteiger partial charge in [-0.1, -0.05) is 12.2 Å². The second-order valence-electron chi connectivity index (χ2n) is 7.99. The lowest BCUT2D eigenvalue weighted by atomic mass is 9.73. The molecule has 4 rings (SSSR count). The van der Waals surface area contributed by atoms with Crippen molar-refractivity contribution in [1.82, 2.24) is 10.2 Å². The fraction of sp³-hybridized carbons (Fsp3) is 0.619. The average molecular weight is 372 g/mol. The van der Waals surface area contributed by atoms with Crippen molar-refractivity contribution in [2.24, 2.45) is 11.8 Å². The maximum absolute atomic E-state index is 12.6. The number of allylic oxidation sites excluding steroid dienone is 2. The molecule has 146 valence electrons. The summed E-state index contributed by atoms with van der Waals surface area (Å²) >= 11 is 0. The Morgan fingerprint density at radius 1 is 1.44 bits per heavy atom. The second-order valence-corrected chi connectivity index (χ2v) is 7.99. The number of nitrogens with zero attached hydrogens (tertiary/aromatic N) is 1. The minimum atomic E-state index is -0.186. The van der Waals surface area contributed by atoms with E-state index in [0.717, 1.165) is 32.2 Å². The van der Waals surface area contributed by atoms with Crippen molar-refractivity contribution in [3.8, 4) is 0 Å². The highest BCUT2D eigenvalue weighted by Crippen LogP contribution is 2.54. The molecule has 1 aromatic heterocycles. The normalized spacial score (nSPS) is 31.6.